The van der Waals surface area contributed by atoms with Crippen LogP contribution in [0.4, 0.5) is 0 Å². The second-order valence-electron chi connectivity index (χ2n) is 6.84. The third-order valence-electron chi connectivity index (χ3n) is 5.50. The number of rotatable bonds is 2. The van der Waals surface area contributed by atoms with Crippen LogP contribution in [0.5, 0.6) is 0 Å². The zero-order valence-corrected chi connectivity index (χ0v) is 17.4. The number of aromatic nitrogens is 1. The Labute approximate surface area is 164 Å². The van der Waals surface area contributed by atoms with E-state index in [4.69, 9.17) is 0 Å². The van der Waals surface area contributed by atoms with Gasteiger partial charge in [0.25, 0.3) is 0 Å². The van der Waals surface area contributed by atoms with E-state index in [1.165, 1.54) is 16.5 Å². The van der Waals surface area contributed by atoms with E-state index < -0.39 is 0 Å². The lowest BCUT2D eigenvalue weighted by Crippen LogP contribution is -2.52. The first-order chi connectivity index (χ1) is 12.2. The summed E-state index contributed by atoms with van der Waals surface area (Å²) in [6, 6.07) is 8.44. The highest BCUT2D eigenvalue weighted by Crippen LogP contribution is 2.40. The van der Waals surface area contributed by atoms with Crippen molar-refractivity contribution in [1.29, 1.82) is 0 Å². The van der Waals surface area contributed by atoms with Gasteiger partial charge in [-0.3, -0.25) is 7.58 Å². The molecule has 2 aliphatic rings. The van der Waals surface area contributed by atoms with Crippen molar-refractivity contribution >= 4 is 39.7 Å². The number of fused-ring (bicyclic) bond motifs is 1. The van der Waals surface area contributed by atoms with Crippen molar-refractivity contribution in [2.75, 3.05) is 19.6 Å². The summed E-state index contributed by atoms with van der Waals surface area (Å²) in [5.74, 6) is 0.385. The molecule has 25 heavy (non-hydrogen) atoms. The van der Waals surface area contributed by atoms with E-state index in [2.05, 4.69) is 66.3 Å². The first kappa shape index (κ1) is 18.7. The van der Waals surface area contributed by atoms with E-state index in [0.29, 0.717) is 5.91 Å². The summed E-state index contributed by atoms with van der Waals surface area (Å²) >= 11 is 2.32. The van der Waals surface area contributed by atoms with Crippen molar-refractivity contribution in [3.8, 4) is 0 Å². The molecule has 0 atom stereocenters. The summed E-state index contributed by atoms with van der Waals surface area (Å²) in [6.45, 7) is 7.60. The number of carbonyl (C=O) groups excluding carboxylic acids is 1. The largest absolute Gasteiger partial charge is 0.338 e. The number of piperidine rings is 2. The van der Waals surface area contributed by atoms with Gasteiger partial charge >= 0.3 is 0 Å². The van der Waals surface area contributed by atoms with Crippen molar-refractivity contribution in [3.05, 3.63) is 36.0 Å². The van der Waals surface area contributed by atoms with Crippen LogP contribution in [-0.4, -0.2) is 33.2 Å². The first-order valence-corrected chi connectivity index (χ1v) is 10.4. The normalized spacial score (nSPS) is 19.8. The van der Waals surface area contributed by atoms with Gasteiger partial charge in [-0.1, -0.05) is 32.0 Å². The van der Waals surface area contributed by atoms with Crippen LogP contribution in [0.25, 0.3) is 10.9 Å². The molecule has 2 saturated heterocycles. The first-order valence-electron chi connectivity index (χ1n) is 9.45. The molecule has 136 valence electrons. The maximum Gasteiger partial charge on any atom is 0.229 e. The van der Waals surface area contributed by atoms with Gasteiger partial charge in [-0.05, 0) is 50.4 Å². The average molecular weight is 453 g/mol. The second kappa shape index (κ2) is 8.08. The number of likely N-dealkylation sites (tertiary alicyclic amines) is 1. The number of halogens is 1. The third kappa shape index (κ3) is 3.58. The minimum atomic E-state index is -0.0911. The number of hydrogen-bond acceptors (Lipinski definition) is 2. The van der Waals surface area contributed by atoms with E-state index in [1.807, 2.05) is 13.8 Å². The Hall–Kier alpha value is -1.08. The third-order valence-corrected chi connectivity index (χ3v) is 6.29. The van der Waals surface area contributed by atoms with Crippen molar-refractivity contribution in [1.82, 2.24) is 13.0 Å². The van der Waals surface area contributed by atoms with Crippen LogP contribution >= 0.6 is 22.9 Å². The Balaban J connectivity index is 0.000000880. The highest BCUT2D eigenvalue weighted by atomic mass is 127. The number of amides is 1. The molecule has 1 aromatic heterocycles. The number of carbonyl (C=O) groups is 1. The highest BCUT2D eigenvalue weighted by molar-refractivity contribution is 14.1. The molecule has 0 saturated carbocycles. The molecule has 2 fully saturated rings. The lowest BCUT2D eigenvalue weighted by molar-refractivity contribution is -0.149. The molecular formula is C20H28IN3O. The van der Waals surface area contributed by atoms with Crippen LogP contribution in [0.2, 0.25) is 0 Å². The van der Waals surface area contributed by atoms with Gasteiger partial charge in [-0.2, -0.15) is 0 Å². The number of hydrogen-bond donors (Lipinski definition) is 1. The maximum absolute atomic E-state index is 13.1. The molecule has 1 N–H and O–H groups in total. The molecule has 4 rings (SSSR count). The summed E-state index contributed by atoms with van der Waals surface area (Å²) < 4.78 is 2.14. The van der Waals surface area contributed by atoms with Crippen molar-refractivity contribution in [2.45, 2.75) is 46.1 Å². The molecule has 1 aromatic carbocycles. The van der Waals surface area contributed by atoms with Gasteiger partial charge in [0.15, 0.2) is 0 Å². The standard InChI is InChI=1S/C18H22IN3O.C2H6/c19-22-13-14(15-4-1-2-5-16(15)22)12-21-11-3-6-18(17(21)23)7-9-20-10-8-18;1-2/h1-2,4-5,13,20H,3,6-12H2;1-2H3. The molecule has 1 spiro atoms. The van der Waals surface area contributed by atoms with Crippen LogP contribution in [0.15, 0.2) is 30.5 Å². The molecule has 1 amide bonds. The fourth-order valence-electron chi connectivity index (χ4n) is 4.21. The van der Waals surface area contributed by atoms with Gasteiger partial charge in [0.1, 0.15) is 0 Å². The molecule has 3 heterocycles. The molecule has 0 bridgehead atoms. The van der Waals surface area contributed by atoms with Crippen LogP contribution in [0.3, 0.4) is 0 Å². The van der Waals surface area contributed by atoms with Crippen molar-refractivity contribution in [3.63, 3.8) is 0 Å². The molecule has 2 aromatic rings. The minimum absolute atomic E-state index is 0.0911. The minimum Gasteiger partial charge on any atom is -0.338 e. The molecule has 0 radical (unpaired) electrons. The second-order valence-corrected chi connectivity index (χ2v) is 7.88. The summed E-state index contributed by atoms with van der Waals surface area (Å²) in [4.78, 5) is 15.2. The molecular weight excluding hydrogens is 425 g/mol. The SMILES string of the molecule is CC.O=C1N(Cc2cn(I)c3ccccc23)CCCC12CCNCC2. The lowest BCUT2D eigenvalue weighted by atomic mass is 9.72. The number of para-hydroxylation sites is 1. The van der Waals surface area contributed by atoms with Crippen LogP contribution in [-0.2, 0) is 11.3 Å². The highest BCUT2D eigenvalue weighted by Gasteiger charge is 2.44. The summed E-state index contributed by atoms with van der Waals surface area (Å²) in [5, 5.41) is 4.66. The Morgan fingerprint density at radius 3 is 2.64 bits per heavy atom. The number of nitrogens with one attached hydrogen (secondary N) is 1. The molecule has 0 aliphatic carbocycles. The van der Waals surface area contributed by atoms with Crippen LogP contribution in [0.1, 0.15) is 45.1 Å². The van der Waals surface area contributed by atoms with Gasteiger partial charge in [0.2, 0.25) is 5.91 Å². The summed E-state index contributed by atoms with van der Waals surface area (Å²) in [6.07, 6.45) is 6.36. The van der Waals surface area contributed by atoms with Gasteiger partial charge in [0, 0.05) is 24.7 Å². The average Bonchev–Trinajstić information content (AvgIpc) is 2.98. The van der Waals surface area contributed by atoms with E-state index in [0.717, 1.165) is 51.9 Å². The number of nitrogens with zero attached hydrogens (tertiary/aromatic N) is 2. The molecule has 4 nitrogen and oxygen atoms in total. The monoisotopic (exact) mass is 453 g/mol. The maximum atomic E-state index is 13.1. The topological polar surface area (TPSA) is 37.3 Å². The van der Waals surface area contributed by atoms with Gasteiger partial charge in [0.05, 0.1) is 33.8 Å². The van der Waals surface area contributed by atoms with E-state index in [1.54, 1.807) is 0 Å². The summed E-state index contributed by atoms with van der Waals surface area (Å²) in [5.41, 5.74) is 2.39. The smallest absolute Gasteiger partial charge is 0.229 e. The quantitative estimate of drug-likeness (QED) is 0.687. The van der Waals surface area contributed by atoms with E-state index in [9.17, 15) is 4.79 Å². The molecule has 2 aliphatic heterocycles. The van der Waals surface area contributed by atoms with E-state index in [-0.39, 0.29) is 5.41 Å². The van der Waals surface area contributed by atoms with E-state index >= 15 is 0 Å². The Morgan fingerprint density at radius 2 is 1.88 bits per heavy atom. The predicted molar refractivity (Wildman–Crippen MR) is 112 cm³/mol. The van der Waals surface area contributed by atoms with Crippen molar-refractivity contribution < 1.29 is 4.79 Å². The van der Waals surface area contributed by atoms with Gasteiger partial charge < -0.3 is 10.2 Å². The van der Waals surface area contributed by atoms with Gasteiger partial charge in [-0.15, -0.1) is 0 Å². The van der Waals surface area contributed by atoms with Crippen LogP contribution < -0.4 is 5.32 Å². The summed E-state index contributed by atoms with van der Waals surface area (Å²) in [7, 11) is 0. The van der Waals surface area contributed by atoms with Crippen LogP contribution in [0, 0.1) is 5.41 Å². The van der Waals surface area contributed by atoms with Crippen molar-refractivity contribution in [2.24, 2.45) is 5.41 Å². The fraction of sp³-hybridized carbons (Fsp3) is 0.550. The molecule has 0 unspecified atom stereocenters. The zero-order chi connectivity index (χ0) is 17.9. The lowest BCUT2D eigenvalue weighted by Gasteiger charge is -2.44. The Bertz CT molecular complexity index is 728. The zero-order valence-electron chi connectivity index (χ0n) is 15.2. The predicted octanol–water partition coefficient (Wildman–Crippen LogP) is 4.36. The number of benzene rings is 1. The fourth-order valence-corrected chi connectivity index (χ4v) is 4.97. The van der Waals surface area contributed by atoms with Gasteiger partial charge in [-0.25, -0.2) is 0 Å². The molecule has 5 heteroatoms. The Morgan fingerprint density at radius 1 is 1.16 bits per heavy atom. The Kier molecular flexibility index (Phi) is 6.04.